The number of para-hydroxylation sites is 1. The maximum atomic E-state index is 14.1. The summed E-state index contributed by atoms with van der Waals surface area (Å²) in [7, 11) is 0. The lowest BCUT2D eigenvalue weighted by molar-refractivity contribution is -0.143. The van der Waals surface area contributed by atoms with Crippen LogP contribution in [0.15, 0.2) is 73.2 Å². The van der Waals surface area contributed by atoms with Crippen LogP contribution in [0.25, 0.3) is 16.5 Å². The molecule has 6 rings (SSSR count). The van der Waals surface area contributed by atoms with E-state index in [0.717, 1.165) is 5.57 Å². The minimum atomic E-state index is -5.11. The zero-order valence-electron chi connectivity index (χ0n) is 26.8. The van der Waals surface area contributed by atoms with Gasteiger partial charge in [0.15, 0.2) is 5.82 Å². The van der Waals surface area contributed by atoms with E-state index in [1.165, 1.54) is 9.47 Å². The smallest absolute Gasteiger partial charge is 0.419 e. The summed E-state index contributed by atoms with van der Waals surface area (Å²) in [4.78, 5) is 39.5. The fourth-order valence-electron chi connectivity index (χ4n) is 6.41. The van der Waals surface area contributed by atoms with Crippen molar-refractivity contribution < 1.29 is 40.7 Å². The molecule has 49 heavy (non-hydrogen) atoms. The van der Waals surface area contributed by atoms with Crippen molar-refractivity contribution in [3.8, 4) is 0 Å². The van der Waals surface area contributed by atoms with E-state index < -0.39 is 52.7 Å². The summed E-state index contributed by atoms with van der Waals surface area (Å²) in [6, 6.07) is 8.79. The summed E-state index contributed by atoms with van der Waals surface area (Å²) >= 11 is 0. The van der Waals surface area contributed by atoms with Gasteiger partial charge >= 0.3 is 18.4 Å². The van der Waals surface area contributed by atoms with Crippen molar-refractivity contribution in [1.82, 2.24) is 24.3 Å². The van der Waals surface area contributed by atoms with Gasteiger partial charge in [0.2, 0.25) is 0 Å². The Labute approximate surface area is 278 Å². The standard InChI is InChI=1S/C35H33F6N5O3/c1-33(2,3)49-32(48)46-18-23(28-7-4-5-8-29(28)46)15-27-19-44-17-21(30-42-11-6-12-43-30)9-10-26(44)20-45(27)31(47)22-13-24(34(36,37)38)16-25(14-22)35(39,40)41/h4-9,11-14,16,18,26-27H,10,15,17,19-20H2,1-3H3/t26-,27-/m1/s1. The number of amides is 1. The minimum absolute atomic E-state index is 0.0108. The molecule has 0 saturated carbocycles. The summed E-state index contributed by atoms with van der Waals surface area (Å²) in [5, 5.41) is 0.693. The quantitative estimate of drug-likeness (QED) is 0.208. The molecule has 0 aliphatic carbocycles. The number of nitrogens with zero attached hydrogens (tertiary/aromatic N) is 5. The van der Waals surface area contributed by atoms with E-state index in [2.05, 4.69) is 14.9 Å². The molecule has 2 aromatic carbocycles. The van der Waals surface area contributed by atoms with Crippen LogP contribution in [0.5, 0.6) is 0 Å². The molecule has 4 heterocycles. The van der Waals surface area contributed by atoms with Gasteiger partial charge in [-0.15, -0.1) is 0 Å². The minimum Gasteiger partial charge on any atom is -0.443 e. The predicted octanol–water partition coefficient (Wildman–Crippen LogP) is 7.48. The second-order valence-corrected chi connectivity index (χ2v) is 13.3. The molecule has 1 amide bonds. The molecule has 4 aromatic rings. The van der Waals surface area contributed by atoms with Crippen molar-refractivity contribution in [1.29, 1.82) is 0 Å². The highest BCUT2D eigenvalue weighted by Crippen LogP contribution is 2.38. The largest absolute Gasteiger partial charge is 0.443 e. The number of aromatic nitrogens is 3. The van der Waals surface area contributed by atoms with Gasteiger partial charge in [0.05, 0.1) is 16.6 Å². The number of benzene rings is 2. The van der Waals surface area contributed by atoms with Crippen LogP contribution in [0.2, 0.25) is 0 Å². The lowest BCUT2D eigenvalue weighted by Crippen LogP contribution is -2.61. The van der Waals surface area contributed by atoms with Gasteiger partial charge in [0.1, 0.15) is 5.60 Å². The van der Waals surface area contributed by atoms with Crippen molar-refractivity contribution >= 4 is 28.5 Å². The Bertz CT molecular complexity index is 1880. The molecule has 0 bridgehead atoms. The number of piperazine rings is 1. The third kappa shape index (κ3) is 7.33. The van der Waals surface area contributed by atoms with Gasteiger partial charge in [-0.1, -0.05) is 24.3 Å². The monoisotopic (exact) mass is 685 g/mol. The van der Waals surface area contributed by atoms with Crippen LogP contribution in [-0.4, -0.2) is 73.7 Å². The number of alkyl halides is 6. The molecule has 258 valence electrons. The number of fused-ring (bicyclic) bond motifs is 2. The van der Waals surface area contributed by atoms with Crippen LogP contribution in [-0.2, 0) is 23.5 Å². The van der Waals surface area contributed by atoms with Crippen molar-refractivity contribution in [2.75, 3.05) is 19.6 Å². The first-order chi connectivity index (χ1) is 23.0. The van der Waals surface area contributed by atoms with Gasteiger partial charge in [-0.25, -0.2) is 14.8 Å². The molecular weight excluding hydrogens is 652 g/mol. The van der Waals surface area contributed by atoms with Gasteiger partial charge in [0, 0.05) is 66.8 Å². The number of rotatable bonds is 4. The number of hydrogen-bond acceptors (Lipinski definition) is 6. The zero-order valence-corrected chi connectivity index (χ0v) is 26.8. The lowest BCUT2D eigenvalue weighted by atomic mass is 9.93. The predicted molar refractivity (Wildman–Crippen MR) is 169 cm³/mol. The summed E-state index contributed by atoms with van der Waals surface area (Å²) in [5.41, 5.74) is -2.54. The highest BCUT2D eigenvalue weighted by atomic mass is 19.4. The second kappa shape index (κ2) is 12.6. The van der Waals surface area contributed by atoms with Crippen LogP contribution in [0.1, 0.15) is 60.1 Å². The van der Waals surface area contributed by atoms with Gasteiger partial charge in [0.25, 0.3) is 5.91 Å². The molecule has 2 aliphatic rings. The third-order valence-corrected chi connectivity index (χ3v) is 8.61. The number of carbonyl (C=O) groups excluding carboxylic acids is 2. The molecule has 0 spiro atoms. The second-order valence-electron chi connectivity index (χ2n) is 13.3. The number of hydrogen-bond donors (Lipinski definition) is 0. The van der Waals surface area contributed by atoms with E-state index in [1.54, 1.807) is 69.7 Å². The Kier molecular flexibility index (Phi) is 8.80. The van der Waals surface area contributed by atoms with E-state index in [0.29, 0.717) is 47.4 Å². The Morgan fingerprint density at radius 1 is 0.898 bits per heavy atom. The van der Waals surface area contributed by atoms with Gasteiger partial charge in [-0.2, -0.15) is 26.3 Å². The Hall–Kier alpha value is -4.72. The molecule has 0 radical (unpaired) electrons. The van der Waals surface area contributed by atoms with Crippen molar-refractivity contribution in [2.45, 2.75) is 63.7 Å². The summed E-state index contributed by atoms with van der Waals surface area (Å²) in [5.74, 6) is -0.404. The first-order valence-electron chi connectivity index (χ1n) is 15.6. The molecule has 1 fully saturated rings. The van der Waals surface area contributed by atoms with Crippen molar-refractivity contribution in [3.05, 3.63) is 101 Å². The van der Waals surface area contributed by atoms with Crippen LogP contribution < -0.4 is 0 Å². The molecule has 2 atom stereocenters. The summed E-state index contributed by atoms with van der Waals surface area (Å²) in [6.07, 6.45) is -3.43. The first kappa shape index (κ1) is 34.2. The molecule has 1 saturated heterocycles. The maximum Gasteiger partial charge on any atom is 0.419 e. The highest BCUT2D eigenvalue weighted by molar-refractivity contribution is 5.95. The highest BCUT2D eigenvalue weighted by Gasteiger charge is 2.42. The van der Waals surface area contributed by atoms with Crippen molar-refractivity contribution in [3.63, 3.8) is 0 Å². The number of ether oxygens (including phenoxy) is 1. The Balaban J connectivity index is 1.40. The zero-order chi connectivity index (χ0) is 35.3. The Morgan fingerprint density at radius 3 is 2.18 bits per heavy atom. The molecule has 2 aromatic heterocycles. The van der Waals surface area contributed by atoms with Crippen molar-refractivity contribution in [2.24, 2.45) is 0 Å². The normalized spacial score (nSPS) is 19.0. The lowest BCUT2D eigenvalue weighted by Gasteiger charge is -2.48. The SMILES string of the molecule is CC(C)(C)OC(=O)n1cc(C[C@@H]2CN3CC(c4ncccn4)=CC[C@@H]3CN2C(=O)c2cc(C(F)(F)F)cc(C(F)(F)F)c2)c2ccccc21. The van der Waals surface area contributed by atoms with E-state index in [9.17, 15) is 35.9 Å². The fourth-order valence-corrected chi connectivity index (χ4v) is 6.41. The summed E-state index contributed by atoms with van der Waals surface area (Å²) < 4.78 is 89.6. The van der Waals surface area contributed by atoms with E-state index in [1.807, 2.05) is 6.08 Å². The third-order valence-electron chi connectivity index (χ3n) is 8.61. The molecule has 14 heteroatoms. The molecule has 0 unspecified atom stereocenters. The molecule has 8 nitrogen and oxygen atoms in total. The molecule has 2 aliphatic heterocycles. The van der Waals surface area contributed by atoms with Gasteiger partial charge in [-0.3, -0.25) is 14.3 Å². The maximum absolute atomic E-state index is 14.1. The van der Waals surface area contributed by atoms with E-state index in [-0.39, 0.29) is 31.6 Å². The number of carbonyl (C=O) groups is 2. The molecule has 0 N–H and O–H groups in total. The van der Waals surface area contributed by atoms with Crippen LogP contribution in [0, 0.1) is 0 Å². The average Bonchev–Trinajstić information content (AvgIpc) is 3.41. The topological polar surface area (TPSA) is 80.6 Å². The first-order valence-corrected chi connectivity index (χ1v) is 15.6. The Morgan fingerprint density at radius 2 is 1.55 bits per heavy atom. The average molecular weight is 686 g/mol. The number of halogens is 6. The van der Waals surface area contributed by atoms with E-state index >= 15 is 0 Å². The van der Waals surface area contributed by atoms with Crippen LogP contribution in [0.4, 0.5) is 31.1 Å². The van der Waals surface area contributed by atoms with E-state index in [4.69, 9.17) is 4.74 Å². The summed E-state index contributed by atoms with van der Waals surface area (Å²) in [6.45, 7) is 5.93. The fraction of sp³-hybridized carbons (Fsp3) is 0.371. The van der Waals surface area contributed by atoms with Gasteiger partial charge in [-0.05, 0) is 69.5 Å². The molecular formula is C35H33F6N5O3. The van der Waals surface area contributed by atoms with Gasteiger partial charge < -0.3 is 9.64 Å². The van der Waals surface area contributed by atoms with Crippen LogP contribution in [0.3, 0.4) is 0 Å². The van der Waals surface area contributed by atoms with Crippen LogP contribution >= 0.6 is 0 Å².